The quantitative estimate of drug-likeness (QED) is 0.289. The maximum atomic E-state index is 13.9. The van der Waals surface area contributed by atoms with E-state index in [4.69, 9.17) is 4.98 Å². The van der Waals surface area contributed by atoms with Gasteiger partial charge in [-0.05, 0) is 68.7 Å². The van der Waals surface area contributed by atoms with Crippen molar-refractivity contribution in [1.82, 2.24) is 13.9 Å². The topological polar surface area (TPSA) is 72.3 Å². The first-order chi connectivity index (χ1) is 17.3. The van der Waals surface area contributed by atoms with E-state index in [1.54, 1.807) is 41.0 Å². The zero-order valence-electron chi connectivity index (χ0n) is 21.3. The second kappa shape index (κ2) is 10.8. The Morgan fingerprint density at radius 1 is 0.944 bits per heavy atom. The van der Waals surface area contributed by atoms with Gasteiger partial charge in [-0.15, -0.1) is 0 Å². The van der Waals surface area contributed by atoms with Gasteiger partial charge >= 0.3 is 0 Å². The van der Waals surface area contributed by atoms with Crippen molar-refractivity contribution >= 4 is 20.9 Å². The van der Waals surface area contributed by atoms with Crippen LogP contribution in [0.15, 0.2) is 82.5 Å². The number of unbranched alkanes of at least 4 members (excludes halogenated alkanes) is 1. The molecule has 0 N–H and O–H groups in total. The summed E-state index contributed by atoms with van der Waals surface area (Å²) >= 11 is 0. The van der Waals surface area contributed by atoms with Gasteiger partial charge in [-0.1, -0.05) is 62.2 Å². The first-order valence-electron chi connectivity index (χ1n) is 12.5. The summed E-state index contributed by atoms with van der Waals surface area (Å²) in [6, 6.07) is 21.2. The monoisotopic (exact) mass is 503 g/mol. The second-order valence-corrected chi connectivity index (χ2v) is 11.0. The maximum absolute atomic E-state index is 13.9. The van der Waals surface area contributed by atoms with Crippen LogP contribution in [0.3, 0.4) is 0 Å². The van der Waals surface area contributed by atoms with Crippen LogP contribution in [0.2, 0.25) is 0 Å². The van der Waals surface area contributed by atoms with Gasteiger partial charge in [0.2, 0.25) is 10.0 Å². The molecule has 36 heavy (non-hydrogen) atoms. The summed E-state index contributed by atoms with van der Waals surface area (Å²) in [7, 11) is -3.84. The van der Waals surface area contributed by atoms with Crippen LogP contribution in [0.5, 0.6) is 0 Å². The standard InChI is InChI=1S/C29H33N3O3S/c1-5-7-20-31(36(34,35)25-18-12-21(3)13-19-25)22(4)28-30-27-11-9-8-10-26(27)29(33)32(28)24-16-14-23(6-2)15-17-24/h8-19,22H,5-7,20H2,1-4H3. The summed E-state index contributed by atoms with van der Waals surface area (Å²) in [5.74, 6) is 0.398. The molecule has 1 heterocycles. The third-order valence-corrected chi connectivity index (χ3v) is 8.55. The summed E-state index contributed by atoms with van der Waals surface area (Å²) in [5, 5.41) is 0.495. The van der Waals surface area contributed by atoms with Gasteiger partial charge in [-0.2, -0.15) is 4.31 Å². The van der Waals surface area contributed by atoms with Crippen molar-refractivity contribution in [2.45, 2.75) is 57.9 Å². The van der Waals surface area contributed by atoms with Crippen molar-refractivity contribution in [3.8, 4) is 5.69 Å². The molecule has 4 aromatic rings. The third-order valence-electron chi connectivity index (χ3n) is 6.57. The van der Waals surface area contributed by atoms with Crippen LogP contribution in [-0.2, 0) is 16.4 Å². The molecule has 0 saturated heterocycles. The summed E-state index contributed by atoms with van der Waals surface area (Å²) in [6.07, 6.45) is 2.41. The van der Waals surface area contributed by atoms with E-state index in [0.717, 1.165) is 24.0 Å². The maximum Gasteiger partial charge on any atom is 0.266 e. The molecule has 1 aromatic heterocycles. The number of hydrogen-bond donors (Lipinski definition) is 0. The lowest BCUT2D eigenvalue weighted by atomic mass is 10.1. The van der Waals surface area contributed by atoms with Crippen LogP contribution < -0.4 is 5.56 Å². The largest absolute Gasteiger partial charge is 0.268 e. The fraction of sp³-hybridized carbons (Fsp3) is 0.310. The minimum Gasteiger partial charge on any atom is -0.268 e. The normalized spacial score (nSPS) is 12.8. The number of benzene rings is 3. The molecule has 3 aromatic carbocycles. The van der Waals surface area contributed by atoms with E-state index < -0.39 is 16.1 Å². The van der Waals surface area contributed by atoms with Crippen LogP contribution in [0.25, 0.3) is 16.6 Å². The van der Waals surface area contributed by atoms with Gasteiger partial charge < -0.3 is 0 Å². The van der Waals surface area contributed by atoms with E-state index in [-0.39, 0.29) is 10.5 Å². The lowest BCUT2D eigenvalue weighted by Gasteiger charge is -2.30. The number of aryl methyl sites for hydroxylation is 2. The molecule has 1 atom stereocenters. The molecule has 6 nitrogen and oxygen atoms in total. The van der Waals surface area contributed by atoms with E-state index in [0.29, 0.717) is 35.4 Å². The van der Waals surface area contributed by atoms with Gasteiger partial charge in [0, 0.05) is 6.54 Å². The summed E-state index contributed by atoms with van der Waals surface area (Å²) in [4.78, 5) is 18.9. The Labute approximate surface area is 213 Å². The van der Waals surface area contributed by atoms with Gasteiger partial charge in [0.25, 0.3) is 5.56 Å². The molecule has 0 fully saturated rings. The molecule has 0 bridgehead atoms. The van der Waals surface area contributed by atoms with E-state index in [9.17, 15) is 13.2 Å². The lowest BCUT2D eigenvalue weighted by Crippen LogP contribution is -2.38. The molecule has 0 aliphatic carbocycles. The van der Waals surface area contributed by atoms with E-state index in [1.165, 1.54) is 4.31 Å². The number of sulfonamides is 1. The van der Waals surface area contributed by atoms with Crippen LogP contribution in [-0.4, -0.2) is 28.8 Å². The molecular weight excluding hydrogens is 470 g/mol. The highest BCUT2D eigenvalue weighted by Crippen LogP contribution is 2.29. The van der Waals surface area contributed by atoms with Gasteiger partial charge in [0.1, 0.15) is 5.82 Å². The van der Waals surface area contributed by atoms with Crippen LogP contribution in [0.4, 0.5) is 0 Å². The average Bonchev–Trinajstić information content (AvgIpc) is 2.89. The Morgan fingerprint density at radius 2 is 1.61 bits per heavy atom. The van der Waals surface area contributed by atoms with Crippen LogP contribution >= 0.6 is 0 Å². The minimum atomic E-state index is -3.84. The van der Waals surface area contributed by atoms with E-state index >= 15 is 0 Å². The van der Waals surface area contributed by atoms with Crippen molar-refractivity contribution in [3.63, 3.8) is 0 Å². The van der Waals surface area contributed by atoms with Gasteiger partial charge in [0.15, 0.2) is 0 Å². The highest BCUT2D eigenvalue weighted by atomic mass is 32.2. The predicted molar refractivity (Wildman–Crippen MR) is 145 cm³/mol. The molecule has 0 amide bonds. The summed E-state index contributed by atoms with van der Waals surface area (Å²) in [5.41, 5.74) is 3.15. The highest BCUT2D eigenvalue weighted by Gasteiger charge is 2.32. The fourth-order valence-corrected chi connectivity index (χ4v) is 6.00. The Balaban J connectivity index is 1.93. The molecule has 188 valence electrons. The van der Waals surface area contributed by atoms with Crippen molar-refractivity contribution in [1.29, 1.82) is 0 Å². The molecule has 0 aliphatic rings. The zero-order chi connectivity index (χ0) is 25.9. The molecule has 4 rings (SSSR count). The first kappa shape index (κ1) is 25.8. The molecule has 0 saturated carbocycles. The molecule has 0 spiro atoms. The van der Waals surface area contributed by atoms with Gasteiger partial charge in [-0.25, -0.2) is 13.4 Å². The van der Waals surface area contributed by atoms with Crippen molar-refractivity contribution in [2.75, 3.05) is 6.54 Å². The van der Waals surface area contributed by atoms with Crippen LogP contribution in [0, 0.1) is 6.92 Å². The number of hydrogen-bond acceptors (Lipinski definition) is 4. The summed E-state index contributed by atoms with van der Waals surface area (Å²) in [6.45, 7) is 8.17. The predicted octanol–water partition coefficient (Wildman–Crippen LogP) is 5.81. The molecular formula is C29H33N3O3S. The van der Waals surface area contributed by atoms with Gasteiger partial charge in [0.05, 0.1) is 27.5 Å². The first-order valence-corrected chi connectivity index (χ1v) is 13.9. The number of nitrogens with zero attached hydrogens (tertiary/aromatic N) is 3. The lowest BCUT2D eigenvalue weighted by molar-refractivity contribution is 0.322. The minimum absolute atomic E-state index is 0.213. The summed E-state index contributed by atoms with van der Waals surface area (Å²) < 4.78 is 30.8. The van der Waals surface area contributed by atoms with Crippen molar-refractivity contribution < 1.29 is 8.42 Å². The van der Waals surface area contributed by atoms with Gasteiger partial charge in [-0.3, -0.25) is 9.36 Å². The molecule has 0 aliphatic heterocycles. The number of rotatable bonds is 9. The Bertz CT molecular complexity index is 1510. The van der Waals surface area contributed by atoms with Crippen LogP contribution in [0.1, 0.15) is 56.6 Å². The Morgan fingerprint density at radius 3 is 2.25 bits per heavy atom. The molecule has 7 heteroatoms. The van der Waals surface area contributed by atoms with E-state index in [1.807, 2.05) is 57.2 Å². The molecule has 0 radical (unpaired) electrons. The van der Waals surface area contributed by atoms with E-state index in [2.05, 4.69) is 6.92 Å². The Kier molecular flexibility index (Phi) is 7.71. The Hall–Kier alpha value is -3.29. The zero-order valence-corrected chi connectivity index (χ0v) is 22.1. The highest BCUT2D eigenvalue weighted by molar-refractivity contribution is 7.89. The number of para-hydroxylation sites is 1. The number of fused-ring (bicyclic) bond motifs is 1. The fourth-order valence-electron chi connectivity index (χ4n) is 4.37. The van der Waals surface area contributed by atoms with Crippen molar-refractivity contribution in [2.24, 2.45) is 0 Å². The molecule has 1 unspecified atom stereocenters. The SMILES string of the molecule is CCCCN(C(C)c1nc2ccccc2c(=O)n1-c1ccc(CC)cc1)S(=O)(=O)c1ccc(C)cc1. The second-order valence-electron chi connectivity index (χ2n) is 9.11. The smallest absolute Gasteiger partial charge is 0.266 e. The third kappa shape index (κ3) is 4.99. The average molecular weight is 504 g/mol. The van der Waals surface area contributed by atoms with Crippen molar-refractivity contribution in [3.05, 3.63) is 100 Å². The number of aromatic nitrogens is 2.